The van der Waals surface area contributed by atoms with Gasteiger partial charge in [-0.3, -0.25) is 13.8 Å². The smallest absolute Gasteiger partial charge is 0.267 e. The number of nitrogens with zero attached hydrogens (tertiary/aromatic N) is 1. The highest BCUT2D eigenvalue weighted by Crippen LogP contribution is 2.26. The van der Waals surface area contributed by atoms with Gasteiger partial charge in [-0.25, -0.2) is 13.2 Å². The molecule has 2 aromatic heterocycles. The molecule has 5 nitrogen and oxygen atoms in total. The Morgan fingerprint density at radius 2 is 2.12 bits per heavy atom. The fraction of sp³-hybridized carbons (Fsp3) is 0.231. The van der Waals surface area contributed by atoms with Crippen LogP contribution in [0.15, 0.2) is 28.0 Å². The summed E-state index contributed by atoms with van der Waals surface area (Å²) >= 11 is 6.24. The van der Waals surface area contributed by atoms with E-state index in [-0.39, 0.29) is 19.8 Å². The SMILES string of the molecule is CS(=O)c1cc(NC(=O)c2cc(F)c(Cl)s2)cn(CC(F)F)c1=O. The van der Waals surface area contributed by atoms with Crippen molar-refractivity contribution in [2.45, 2.75) is 17.9 Å². The van der Waals surface area contributed by atoms with Crippen LogP contribution in [0.4, 0.5) is 18.9 Å². The van der Waals surface area contributed by atoms with Gasteiger partial charge < -0.3 is 9.88 Å². The highest BCUT2D eigenvalue weighted by molar-refractivity contribution is 7.84. The molecule has 0 spiro atoms. The molecule has 0 fully saturated rings. The van der Waals surface area contributed by atoms with Gasteiger partial charge in [-0.1, -0.05) is 11.6 Å². The first-order valence-electron chi connectivity index (χ1n) is 6.31. The van der Waals surface area contributed by atoms with Gasteiger partial charge in [0.15, 0.2) is 5.82 Å². The fourth-order valence-corrected chi connectivity index (χ4v) is 3.43. The first-order valence-corrected chi connectivity index (χ1v) is 9.06. The van der Waals surface area contributed by atoms with Crippen molar-refractivity contribution in [1.29, 1.82) is 0 Å². The van der Waals surface area contributed by atoms with Gasteiger partial charge in [0.1, 0.15) is 9.23 Å². The van der Waals surface area contributed by atoms with Gasteiger partial charge in [0.2, 0.25) is 0 Å². The Bertz CT molecular complexity index is 847. The average Bonchev–Trinajstić information content (AvgIpc) is 2.81. The molecule has 2 aromatic rings. The second-order valence-electron chi connectivity index (χ2n) is 4.58. The number of halogens is 4. The minimum absolute atomic E-state index is 0.0182. The van der Waals surface area contributed by atoms with Crippen molar-refractivity contribution in [2.24, 2.45) is 0 Å². The Kier molecular flexibility index (Phi) is 5.83. The lowest BCUT2D eigenvalue weighted by molar-refractivity contribution is 0.103. The zero-order valence-electron chi connectivity index (χ0n) is 12.0. The lowest BCUT2D eigenvalue weighted by Gasteiger charge is -2.11. The summed E-state index contributed by atoms with van der Waals surface area (Å²) in [6.45, 7) is -0.911. The first kappa shape index (κ1) is 18.7. The lowest BCUT2D eigenvalue weighted by Crippen LogP contribution is -2.27. The third-order valence-electron chi connectivity index (χ3n) is 2.82. The van der Waals surface area contributed by atoms with Crippen LogP contribution in [-0.2, 0) is 17.3 Å². The number of rotatable bonds is 5. The Hall–Kier alpha value is -1.65. The summed E-state index contributed by atoms with van der Waals surface area (Å²) in [4.78, 5) is 23.7. The van der Waals surface area contributed by atoms with Gasteiger partial charge in [-0.15, -0.1) is 11.3 Å². The summed E-state index contributed by atoms with van der Waals surface area (Å²) in [5.41, 5.74) is -0.852. The molecule has 1 N–H and O–H groups in total. The predicted molar refractivity (Wildman–Crippen MR) is 86.3 cm³/mol. The average molecular weight is 399 g/mol. The fourth-order valence-electron chi connectivity index (χ4n) is 1.82. The molecule has 1 atom stereocenters. The van der Waals surface area contributed by atoms with Crippen molar-refractivity contribution >= 4 is 45.3 Å². The number of thiophene rings is 1. The van der Waals surface area contributed by atoms with Crippen LogP contribution >= 0.6 is 22.9 Å². The first-order chi connectivity index (χ1) is 11.2. The van der Waals surface area contributed by atoms with E-state index in [0.717, 1.165) is 18.3 Å². The number of hydrogen-bond donors (Lipinski definition) is 1. The molecule has 0 saturated carbocycles. The van der Waals surface area contributed by atoms with Gasteiger partial charge >= 0.3 is 0 Å². The number of anilines is 1. The van der Waals surface area contributed by atoms with Gasteiger partial charge in [0.25, 0.3) is 17.9 Å². The molecule has 0 bridgehead atoms. The van der Waals surface area contributed by atoms with Crippen molar-refractivity contribution in [3.8, 4) is 0 Å². The molecule has 0 radical (unpaired) electrons. The van der Waals surface area contributed by atoms with Crippen molar-refractivity contribution in [2.75, 3.05) is 11.6 Å². The van der Waals surface area contributed by atoms with Crippen molar-refractivity contribution < 1.29 is 22.2 Å². The minimum Gasteiger partial charge on any atom is -0.320 e. The summed E-state index contributed by atoms with van der Waals surface area (Å²) in [7, 11) is -1.74. The molecular weight excluding hydrogens is 389 g/mol. The summed E-state index contributed by atoms with van der Waals surface area (Å²) in [5, 5.41) is 2.34. The zero-order chi connectivity index (χ0) is 18.0. The highest BCUT2D eigenvalue weighted by Gasteiger charge is 2.17. The topological polar surface area (TPSA) is 68.2 Å². The molecule has 0 aliphatic carbocycles. The second-order valence-corrected chi connectivity index (χ2v) is 7.58. The number of nitrogens with one attached hydrogen (secondary N) is 1. The molecule has 11 heteroatoms. The van der Waals surface area contributed by atoms with Gasteiger partial charge in [-0.2, -0.15) is 0 Å². The van der Waals surface area contributed by atoms with Crippen LogP contribution in [0.2, 0.25) is 4.34 Å². The second kappa shape index (κ2) is 7.49. The van der Waals surface area contributed by atoms with Crippen LogP contribution in [0, 0.1) is 5.82 Å². The lowest BCUT2D eigenvalue weighted by atomic mass is 10.3. The van der Waals surface area contributed by atoms with Gasteiger partial charge in [0.05, 0.1) is 27.9 Å². The largest absolute Gasteiger partial charge is 0.320 e. The summed E-state index contributed by atoms with van der Waals surface area (Å²) < 4.78 is 50.4. The molecule has 0 aliphatic rings. The number of hydrogen-bond acceptors (Lipinski definition) is 4. The maximum absolute atomic E-state index is 13.2. The number of pyridine rings is 1. The number of aromatic nitrogens is 1. The maximum Gasteiger partial charge on any atom is 0.267 e. The standard InChI is InChI=1S/C13H10ClF3N2O3S2/c1-24(22)9-2-6(4-19(13(9)21)5-10(16)17)18-12(20)8-3-7(15)11(14)23-8/h2-4,10H,5H2,1H3,(H,18,20). The van der Waals surface area contributed by atoms with Crippen molar-refractivity contribution in [1.82, 2.24) is 4.57 Å². The molecular formula is C13H10ClF3N2O3S2. The van der Waals surface area contributed by atoms with Crippen LogP contribution in [0.5, 0.6) is 0 Å². The Morgan fingerprint density at radius 3 is 2.62 bits per heavy atom. The van der Waals surface area contributed by atoms with Crippen LogP contribution in [0.1, 0.15) is 9.67 Å². The van der Waals surface area contributed by atoms with Crippen LogP contribution < -0.4 is 10.9 Å². The van der Waals surface area contributed by atoms with E-state index in [1.54, 1.807) is 0 Å². The molecule has 130 valence electrons. The predicted octanol–water partition coefficient (Wildman–Crippen LogP) is 2.96. The van der Waals surface area contributed by atoms with E-state index in [2.05, 4.69) is 5.32 Å². The summed E-state index contributed by atoms with van der Waals surface area (Å²) in [6.07, 6.45) is -0.588. The third kappa shape index (κ3) is 4.25. The van der Waals surface area contributed by atoms with Crippen LogP contribution in [0.25, 0.3) is 0 Å². The molecule has 0 aromatic carbocycles. The maximum atomic E-state index is 13.2. The third-order valence-corrected chi connectivity index (χ3v) is 5.05. The Labute approximate surface area is 145 Å². The normalized spacial score (nSPS) is 12.4. The van der Waals surface area contributed by atoms with Gasteiger partial charge in [0, 0.05) is 12.5 Å². The zero-order valence-corrected chi connectivity index (χ0v) is 14.4. The van der Waals surface area contributed by atoms with E-state index in [1.165, 1.54) is 6.26 Å². The Balaban J connectivity index is 2.38. The quantitative estimate of drug-likeness (QED) is 0.842. The number of amides is 1. The van der Waals surface area contributed by atoms with Crippen molar-refractivity contribution in [3.05, 3.63) is 43.7 Å². The molecule has 2 rings (SSSR count). The monoisotopic (exact) mass is 398 g/mol. The van der Waals surface area contributed by atoms with E-state index < -0.39 is 41.1 Å². The number of alkyl halides is 2. The molecule has 0 aliphatic heterocycles. The molecule has 0 saturated heterocycles. The molecule has 1 unspecified atom stereocenters. The van der Waals surface area contributed by atoms with E-state index in [1.807, 2.05) is 0 Å². The van der Waals surface area contributed by atoms with Crippen molar-refractivity contribution in [3.63, 3.8) is 0 Å². The van der Waals surface area contributed by atoms with E-state index in [0.29, 0.717) is 15.9 Å². The van der Waals surface area contributed by atoms with E-state index >= 15 is 0 Å². The van der Waals surface area contributed by atoms with Crippen LogP contribution in [0.3, 0.4) is 0 Å². The Morgan fingerprint density at radius 1 is 1.46 bits per heavy atom. The van der Waals surface area contributed by atoms with Crippen LogP contribution in [-0.4, -0.2) is 27.4 Å². The molecule has 2 heterocycles. The minimum atomic E-state index is -2.81. The van der Waals surface area contributed by atoms with E-state index in [9.17, 15) is 27.0 Å². The van der Waals surface area contributed by atoms with E-state index in [4.69, 9.17) is 11.6 Å². The molecule has 1 amide bonds. The number of carbonyl (C=O) groups excluding carboxylic acids is 1. The highest BCUT2D eigenvalue weighted by atomic mass is 35.5. The summed E-state index contributed by atoms with van der Waals surface area (Å²) in [5.74, 6) is -1.49. The summed E-state index contributed by atoms with van der Waals surface area (Å²) in [6, 6.07) is 2.06. The number of carbonyl (C=O) groups is 1. The van der Waals surface area contributed by atoms with Gasteiger partial charge in [-0.05, 0) is 12.1 Å². The molecule has 24 heavy (non-hydrogen) atoms.